The Kier molecular flexibility index (Phi) is 6.06. The number of rotatable bonds is 7. The van der Waals surface area contributed by atoms with E-state index in [0.717, 1.165) is 41.2 Å². The van der Waals surface area contributed by atoms with Gasteiger partial charge in [0, 0.05) is 6.54 Å². The summed E-state index contributed by atoms with van der Waals surface area (Å²) in [5, 5.41) is 10.3. The van der Waals surface area contributed by atoms with Gasteiger partial charge in [-0.25, -0.2) is 19.2 Å². The number of para-hydroxylation sites is 2. The van der Waals surface area contributed by atoms with E-state index >= 15 is 0 Å². The van der Waals surface area contributed by atoms with Gasteiger partial charge in [-0.1, -0.05) is 49.7 Å². The molecule has 0 bridgehead atoms. The van der Waals surface area contributed by atoms with Gasteiger partial charge in [0.1, 0.15) is 5.03 Å². The molecule has 5 rings (SSSR count). The molecule has 3 heterocycles. The maximum Gasteiger partial charge on any atom is 0.269 e. The summed E-state index contributed by atoms with van der Waals surface area (Å²) in [6.45, 7) is 4.74. The van der Waals surface area contributed by atoms with E-state index in [4.69, 9.17) is 15.1 Å². The quantitative estimate of drug-likeness (QED) is 0.255. The minimum atomic E-state index is -0.137. The summed E-state index contributed by atoms with van der Waals surface area (Å²) in [5.41, 5.74) is 3.51. The molecule has 0 aliphatic rings. The lowest BCUT2D eigenvalue weighted by Crippen LogP contribution is -2.25. The number of unbranched alkanes of at least 4 members (excludes halogenated alkanes) is 1. The summed E-state index contributed by atoms with van der Waals surface area (Å²) in [4.78, 5) is 23.8. The van der Waals surface area contributed by atoms with Crippen LogP contribution >= 0.6 is 11.8 Å². The minimum Gasteiger partial charge on any atom is -0.355 e. The average Bonchev–Trinajstić information content (AvgIpc) is 3.24. The van der Waals surface area contributed by atoms with E-state index in [-0.39, 0.29) is 5.56 Å². The molecule has 2 aromatic carbocycles. The van der Waals surface area contributed by atoms with Crippen LogP contribution in [0.25, 0.3) is 33.3 Å². The number of aryl methyl sites for hydroxylation is 1. The first-order chi connectivity index (χ1) is 16.6. The zero-order valence-electron chi connectivity index (χ0n) is 19.4. The molecule has 0 saturated heterocycles. The molecule has 0 saturated carbocycles. The van der Waals surface area contributed by atoms with Crippen molar-refractivity contribution in [3.8, 4) is 11.4 Å². The number of anilines is 1. The molecule has 0 aliphatic heterocycles. The average molecular weight is 471 g/mol. The topological polar surface area (TPSA) is 77.6 Å². The Morgan fingerprint density at radius 3 is 2.26 bits per heavy atom. The van der Waals surface area contributed by atoms with Gasteiger partial charge in [-0.2, -0.15) is 5.10 Å². The highest BCUT2D eigenvalue weighted by Gasteiger charge is 2.23. The van der Waals surface area contributed by atoms with Crippen LogP contribution in [0.3, 0.4) is 0 Å². The van der Waals surface area contributed by atoms with Crippen LogP contribution in [0.1, 0.15) is 25.5 Å². The normalized spacial score (nSPS) is 11.4. The number of thioether (sulfide) groups is 1. The lowest BCUT2D eigenvalue weighted by Gasteiger charge is -2.16. The fourth-order valence-corrected chi connectivity index (χ4v) is 4.70. The Balaban J connectivity index is 1.87. The predicted octanol–water partition coefficient (Wildman–Crippen LogP) is 5.36. The van der Waals surface area contributed by atoms with Gasteiger partial charge in [-0.3, -0.25) is 4.79 Å². The molecular formula is C26H26N6OS. The molecule has 0 aliphatic carbocycles. The number of aromatic nitrogens is 5. The van der Waals surface area contributed by atoms with E-state index in [1.807, 2.05) is 78.5 Å². The first kappa shape index (κ1) is 22.2. The van der Waals surface area contributed by atoms with Crippen LogP contribution in [0.2, 0.25) is 0 Å². The molecule has 0 amide bonds. The number of benzene rings is 2. The van der Waals surface area contributed by atoms with Crippen LogP contribution in [-0.4, -0.2) is 37.1 Å². The molecule has 0 atom stereocenters. The van der Waals surface area contributed by atoms with Gasteiger partial charge in [0.05, 0.1) is 33.4 Å². The zero-order valence-corrected chi connectivity index (χ0v) is 20.3. The molecule has 0 spiro atoms. The summed E-state index contributed by atoms with van der Waals surface area (Å²) >= 11 is 1.53. The molecular weight excluding hydrogens is 444 g/mol. The zero-order chi connectivity index (χ0) is 23.7. The van der Waals surface area contributed by atoms with Gasteiger partial charge in [0.2, 0.25) is 5.95 Å². The first-order valence-corrected chi connectivity index (χ1v) is 12.6. The van der Waals surface area contributed by atoms with Gasteiger partial charge in [0.15, 0.2) is 5.65 Å². The van der Waals surface area contributed by atoms with Crippen molar-refractivity contribution in [3.63, 3.8) is 0 Å². The third kappa shape index (κ3) is 3.74. The van der Waals surface area contributed by atoms with Crippen LogP contribution in [0, 0.1) is 6.92 Å². The summed E-state index contributed by atoms with van der Waals surface area (Å²) in [6.07, 6.45) is 4.01. The van der Waals surface area contributed by atoms with E-state index in [2.05, 4.69) is 12.2 Å². The highest BCUT2D eigenvalue weighted by Crippen LogP contribution is 2.33. The summed E-state index contributed by atoms with van der Waals surface area (Å²) < 4.78 is 3.49. The Morgan fingerprint density at radius 2 is 1.62 bits per heavy atom. The molecule has 8 heteroatoms. The monoisotopic (exact) mass is 470 g/mol. The van der Waals surface area contributed by atoms with Crippen molar-refractivity contribution in [3.05, 3.63) is 76.7 Å². The molecule has 0 radical (unpaired) electrons. The van der Waals surface area contributed by atoms with Crippen molar-refractivity contribution in [2.45, 2.75) is 31.7 Å². The van der Waals surface area contributed by atoms with E-state index in [9.17, 15) is 4.79 Å². The Hall–Kier alpha value is -3.65. The van der Waals surface area contributed by atoms with Gasteiger partial charge in [0.25, 0.3) is 5.56 Å². The fraction of sp³-hybridized carbons (Fsp3) is 0.231. The predicted molar refractivity (Wildman–Crippen MR) is 140 cm³/mol. The van der Waals surface area contributed by atoms with Crippen molar-refractivity contribution in [1.82, 2.24) is 24.3 Å². The molecule has 0 fully saturated rings. The van der Waals surface area contributed by atoms with Crippen molar-refractivity contribution in [2.75, 3.05) is 18.1 Å². The van der Waals surface area contributed by atoms with E-state index in [0.29, 0.717) is 28.2 Å². The fourth-order valence-electron chi connectivity index (χ4n) is 4.15. The van der Waals surface area contributed by atoms with Gasteiger partial charge < -0.3 is 5.32 Å². The second kappa shape index (κ2) is 9.30. The van der Waals surface area contributed by atoms with Crippen molar-refractivity contribution >= 4 is 39.6 Å². The van der Waals surface area contributed by atoms with Gasteiger partial charge >= 0.3 is 0 Å². The lowest BCUT2D eigenvalue weighted by molar-refractivity contribution is 0.816. The molecule has 34 heavy (non-hydrogen) atoms. The van der Waals surface area contributed by atoms with Crippen LogP contribution < -0.4 is 10.9 Å². The van der Waals surface area contributed by atoms with Crippen LogP contribution in [-0.2, 0) is 0 Å². The molecule has 3 aromatic heterocycles. The third-order valence-corrected chi connectivity index (χ3v) is 6.48. The first-order valence-electron chi connectivity index (χ1n) is 11.4. The summed E-state index contributed by atoms with van der Waals surface area (Å²) in [6, 6.07) is 19.5. The second-order valence-electron chi connectivity index (χ2n) is 8.07. The maximum atomic E-state index is 13.9. The molecule has 7 nitrogen and oxygen atoms in total. The number of pyridine rings is 1. The Labute approximate surface area is 201 Å². The number of nitrogens with zero attached hydrogens (tertiary/aromatic N) is 5. The molecule has 5 aromatic rings. The summed E-state index contributed by atoms with van der Waals surface area (Å²) in [5.74, 6) is 0.531. The molecule has 1 N–H and O–H groups in total. The molecule has 172 valence electrons. The van der Waals surface area contributed by atoms with Gasteiger partial charge in [-0.05, 0) is 43.9 Å². The smallest absolute Gasteiger partial charge is 0.269 e. The molecule has 0 unspecified atom stereocenters. The maximum absolute atomic E-state index is 13.9. The Bertz CT molecular complexity index is 1530. The van der Waals surface area contributed by atoms with E-state index < -0.39 is 0 Å². The Morgan fingerprint density at radius 1 is 0.941 bits per heavy atom. The van der Waals surface area contributed by atoms with Crippen LogP contribution in [0.5, 0.6) is 0 Å². The van der Waals surface area contributed by atoms with Crippen molar-refractivity contribution < 1.29 is 0 Å². The number of hydrogen-bond acceptors (Lipinski definition) is 6. The highest BCUT2D eigenvalue weighted by molar-refractivity contribution is 7.98. The van der Waals surface area contributed by atoms with E-state index in [1.54, 1.807) is 4.57 Å². The number of hydrogen-bond donors (Lipinski definition) is 1. The number of nitrogens with one attached hydrogen (secondary N) is 1. The largest absolute Gasteiger partial charge is 0.355 e. The highest BCUT2D eigenvalue weighted by atomic mass is 32.2. The SMILES string of the molecule is CCCCNc1nc2c(c(C)nc3c2c(SC)nn3-c2ccccc2)c(=O)n1-c1ccccc1. The van der Waals surface area contributed by atoms with Crippen LogP contribution in [0.4, 0.5) is 5.95 Å². The summed E-state index contributed by atoms with van der Waals surface area (Å²) in [7, 11) is 0. The second-order valence-corrected chi connectivity index (χ2v) is 8.86. The van der Waals surface area contributed by atoms with E-state index in [1.165, 1.54) is 11.8 Å². The van der Waals surface area contributed by atoms with Crippen LogP contribution in [0.15, 0.2) is 70.5 Å². The van der Waals surface area contributed by atoms with Gasteiger partial charge in [-0.15, -0.1) is 11.8 Å². The third-order valence-electron chi connectivity index (χ3n) is 5.81. The van der Waals surface area contributed by atoms with Crippen molar-refractivity contribution in [2.24, 2.45) is 0 Å². The standard InChI is InChI=1S/C26H26N6OS/c1-4-5-16-27-26-29-22-20(25(33)31(26)18-12-8-6-9-13-18)17(2)28-23-21(22)24(34-3)30-32(23)19-14-10-7-11-15-19/h6-15H,4-5,16H2,1-3H3,(H,27,29). The lowest BCUT2D eigenvalue weighted by atomic mass is 10.2. The number of fused-ring (bicyclic) bond motifs is 3. The minimum absolute atomic E-state index is 0.137. The van der Waals surface area contributed by atoms with Crippen molar-refractivity contribution in [1.29, 1.82) is 0 Å².